The Morgan fingerprint density at radius 1 is 0.933 bits per heavy atom. The molecule has 1 amide bonds. The molecule has 1 N–H and O–H groups in total. The summed E-state index contributed by atoms with van der Waals surface area (Å²) in [5.74, 6) is -1.62. The van der Waals surface area contributed by atoms with E-state index in [4.69, 9.17) is 9.47 Å². The van der Waals surface area contributed by atoms with Gasteiger partial charge in [0.1, 0.15) is 6.61 Å². The first-order valence-corrected chi connectivity index (χ1v) is 9.20. The van der Waals surface area contributed by atoms with Gasteiger partial charge in [-0.05, 0) is 35.9 Å². The Bertz CT molecular complexity index is 1040. The van der Waals surface area contributed by atoms with Gasteiger partial charge < -0.3 is 14.8 Å². The quantitative estimate of drug-likeness (QED) is 0.607. The Hall–Kier alpha value is -4.00. The summed E-state index contributed by atoms with van der Waals surface area (Å²) in [6.45, 7) is 0.0590. The molecule has 1 heterocycles. The number of benzene rings is 2. The van der Waals surface area contributed by atoms with Crippen LogP contribution in [0.15, 0.2) is 72.9 Å². The Kier molecular flexibility index (Phi) is 6.89. The van der Waals surface area contributed by atoms with Crippen LogP contribution in [0, 0.1) is 0 Å². The third kappa shape index (κ3) is 5.51. The number of carbonyl (C=O) groups excluding carboxylic acids is 3. The Balaban J connectivity index is 1.79. The predicted molar refractivity (Wildman–Crippen MR) is 110 cm³/mol. The topological polar surface area (TPSA) is 94.6 Å². The summed E-state index contributed by atoms with van der Waals surface area (Å²) in [4.78, 5) is 41.1. The van der Waals surface area contributed by atoms with E-state index in [-0.39, 0.29) is 35.7 Å². The normalized spacial score (nSPS) is 10.2. The van der Waals surface area contributed by atoms with E-state index in [1.807, 2.05) is 30.3 Å². The van der Waals surface area contributed by atoms with Crippen molar-refractivity contribution < 1.29 is 23.9 Å². The number of aromatic nitrogens is 1. The van der Waals surface area contributed by atoms with Gasteiger partial charge in [0.2, 0.25) is 5.91 Å². The smallest absolute Gasteiger partial charge is 0.340 e. The van der Waals surface area contributed by atoms with Crippen LogP contribution in [0.25, 0.3) is 0 Å². The van der Waals surface area contributed by atoms with Gasteiger partial charge >= 0.3 is 11.9 Å². The number of nitrogens with one attached hydrogen (secondary N) is 1. The zero-order chi connectivity index (χ0) is 21.3. The highest BCUT2D eigenvalue weighted by atomic mass is 16.5. The molecule has 7 nitrogen and oxygen atoms in total. The Morgan fingerprint density at radius 2 is 1.70 bits per heavy atom. The molecule has 3 aromatic rings. The molecule has 152 valence electrons. The van der Waals surface area contributed by atoms with E-state index in [2.05, 4.69) is 10.3 Å². The second-order valence-electron chi connectivity index (χ2n) is 6.36. The monoisotopic (exact) mass is 404 g/mol. The first-order chi connectivity index (χ1) is 14.6. The van der Waals surface area contributed by atoms with Gasteiger partial charge in [-0.3, -0.25) is 9.78 Å². The first kappa shape index (κ1) is 20.7. The average Bonchev–Trinajstić information content (AvgIpc) is 2.78. The highest BCUT2D eigenvalue weighted by Gasteiger charge is 2.19. The number of anilines is 1. The molecule has 0 unspecified atom stereocenters. The zero-order valence-corrected chi connectivity index (χ0v) is 16.3. The largest absolute Gasteiger partial charge is 0.465 e. The van der Waals surface area contributed by atoms with E-state index in [9.17, 15) is 14.4 Å². The molecule has 0 fully saturated rings. The number of ether oxygens (including phenoxy) is 2. The van der Waals surface area contributed by atoms with Crippen LogP contribution < -0.4 is 5.32 Å². The molecule has 0 spiro atoms. The first-order valence-electron chi connectivity index (χ1n) is 9.20. The second-order valence-corrected chi connectivity index (χ2v) is 6.36. The second kappa shape index (κ2) is 9.97. The minimum absolute atomic E-state index is 0.0398. The molecule has 0 saturated heterocycles. The van der Waals surface area contributed by atoms with E-state index in [1.165, 1.54) is 25.3 Å². The fourth-order valence-electron chi connectivity index (χ4n) is 2.73. The Labute approximate surface area is 173 Å². The number of amides is 1. The fourth-order valence-corrected chi connectivity index (χ4v) is 2.73. The van der Waals surface area contributed by atoms with Crippen LogP contribution in [0.4, 0.5) is 5.69 Å². The summed E-state index contributed by atoms with van der Waals surface area (Å²) in [5, 5.41) is 2.69. The van der Waals surface area contributed by atoms with Crippen LogP contribution in [0.5, 0.6) is 0 Å². The summed E-state index contributed by atoms with van der Waals surface area (Å²) in [5.41, 5.74) is 1.88. The Morgan fingerprint density at radius 3 is 2.40 bits per heavy atom. The summed E-state index contributed by atoms with van der Waals surface area (Å²) >= 11 is 0. The van der Waals surface area contributed by atoms with E-state index < -0.39 is 11.9 Å². The lowest BCUT2D eigenvalue weighted by Gasteiger charge is -2.12. The lowest BCUT2D eigenvalue weighted by Crippen LogP contribution is -2.18. The van der Waals surface area contributed by atoms with Gasteiger partial charge in [0.25, 0.3) is 0 Å². The number of hydrogen-bond donors (Lipinski definition) is 1. The molecule has 0 aliphatic heterocycles. The standard InChI is InChI=1S/C23H20N2O5/c1-29-22(27)17-10-11-20(25-21(26)14-18-9-5-6-12-24-18)19(13-17)23(28)30-15-16-7-3-2-4-8-16/h2-13H,14-15H2,1H3,(H,25,26). The number of hydrogen-bond acceptors (Lipinski definition) is 6. The van der Waals surface area contributed by atoms with Gasteiger partial charge in [-0.1, -0.05) is 36.4 Å². The van der Waals surface area contributed by atoms with Crippen molar-refractivity contribution in [1.82, 2.24) is 4.98 Å². The van der Waals surface area contributed by atoms with Crippen LogP contribution in [0.1, 0.15) is 32.0 Å². The molecule has 0 radical (unpaired) electrons. The third-order valence-corrected chi connectivity index (χ3v) is 4.22. The van der Waals surface area contributed by atoms with Crippen molar-refractivity contribution in [1.29, 1.82) is 0 Å². The number of methoxy groups -OCH3 is 1. The van der Waals surface area contributed by atoms with Crippen LogP contribution in [0.3, 0.4) is 0 Å². The van der Waals surface area contributed by atoms with Crippen LogP contribution in [0.2, 0.25) is 0 Å². The number of esters is 2. The molecule has 0 aliphatic carbocycles. The molecule has 0 atom stereocenters. The molecular weight excluding hydrogens is 384 g/mol. The van der Waals surface area contributed by atoms with Crippen molar-refractivity contribution in [3.05, 3.63) is 95.3 Å². The van der Waals surface area contributed by atoms with E-state index >= 15 is 0 Å². The zero-order valence-electron chi connectivity index (χ0n) is 16.3. The van der Waals surface area contributed by atoms with Crippen molar-refractivity contribution >= 4 is 23.5 Å². The molecule has 0 bridgehead atoms. The highest BCUT2D eigenvalue weighted by molar-refractivity contribution is 6.03. The van der Waals surface area contributed by atoms with Crippen molar-refractivity contribution in [2.75, 3.05) is 12.4 Å². The molecule has 1 aromatic heterocycles. The predicted octanol–water partition coefficient (Wildman–Crippen LogP) is 3.41. The van der Waals surface area contributed by atoms with Crippen molar-refractivity contribution in [2.45, 2.75) is 13.0 Å². The SMILES string of the molecule is COC(=O)c1ccc(NC(=O)Cc2ccccn2)c(C(=O)OCc2ccccc2)c1. The number of carbonyl (C=O) groups is 3. The van der Waals surface area contributed by atoms with E-state index in [0.717, 1.165) is 5.56 Å². The molecule has 2 aromatic carbocycles. The summed E-state index contributed by atoms with van der Waals surface area (Å²) < 4.78 is 10.1. The molecule has 30 heavy (non-hydrogen) atoms. The minimum atomic E-state index is -0.669. The minimum Gasteiger partial charge on any atom is -0.465 e. The summed E-state index contributed by atoms with van der Waals surface area (Å²) in [6, 6.07) is 18.7. The molecule has 0 aliphatic rings. The number of rotatable bonds is 7. The highest BCUT2D eigenvalue weighted by Crippen LogP contribution is 2.21. The van der Waals surface area contributed by atoms with E-state index in [0.29, 0.717) is 5.69 Å². The molecule has 7 heteroatoms. The number of pyridine rings is 1. The summed E-state index contributed by atoms with van der Waals surface area (Å²) in [6.07, 6.45) is 1.64. The van der Waals surface area contributed by atoms with Gasteiger partial charge in [0.05, 0.1) is 30.3 Å². The average molecular weight is 404 g/mol. The maximum Gasteiger partial charge on any atom is 0.340 e. The fraction of sp³-hybridized carbons (Fsp3) is 0.130. The third-order valence-electron chi connectivity index (χ3n) is 4.22. The van der Waals surface area contributed by atoms with Crippen LogP contribution in [-0.4, -0.2) is 29.9 Å². The maximum atomic E-state index is 12.7. The lowest BCUT2D eigenvalue weighted by molar-refractivity contribution is -0.115. The van der Waals surface area contributed by atoms with Gasteiger partial charge in [0, 0.05) is 11.9 Å². The molecule has 0 saturated carbocycles. The maximum absolute atomic E-state index is 12.7. The molecule has 3 rings (SSSR count). The van der Waals surface area contributed by atoms with Crippen molar-refractivity contribution in [2.24, 2.45) is 0 Å². The van der Waals surface area contributed by atoms with Gasteiger partial charge in [-0.15, -0.1) is 0 Å². The lowest BCUT2D eigenvalue weighted by atomic mass is 10.1. The van der Waals surface area contributed by atoms with Crippen molar-refractivity contribution in [3.63, 3.8) is 0 Å². The summed E-state index contributed by atoms with van der Waals surface area (Å²) in [7, 11) is 1.25. The van der Waals surface area contributed by atoms with Gasteiger partial charge in [-0.2, -0.15) is 0 Å². The van der Waals surface area contributed by atoms with Gasteiger partial charge in [0.15, 0.2) is 0 Å². The number of nitrogens with zero attached hydrogens (tertiary/aromatic N) is 1. The van der Waals surface area contributed by atoms with Crippen LogP contribution in [-0.2, 0) is 27.3 Å². The van der Waals surface area contributed by atoms with Crippen molar-refractivity contribution in [3.8, 4) is 0 Å². The van der Waals surface area contributed by atoms with Gasteiger partial charge in [-0.25, -0.2) is 9.59 Å². The van der Waals surface area contributed by atoms with E-state index in [1.54, 1.807) is 24.4 Å². The molecular formula is C23H20N2O5. The van der Waals surface area contributed by atoms with Crippen LogP contribution >= 0.6 is 0 Å².